The van der Waals surface area contributed by atoms with Crippen LogP contribution in [0.2, 0.25) is 0 Å². The van der Waals surface area contributed by atoms with E-state index in [1.807, 2.05) is 0 Å². The molecule has 20 heavy (non-hydrogen) atoms. The van der Waals surface area contributed by atoms with Crippen LogP contribution in [-0.4, -0.2) is 41.2 Å². The number of esters is 1. The van der Waals surface area contributed by atoms with Crippen molar-refractivity contribution in [1.82, 2.24) is 9.88 Å². The van der Waals surface area contributed by atoms with Crippen molar-refractivity contribution in [2.75, 3.05) is 13.2 Å². The highest BCUT2D eigenvalue weighted by Gasteiger charge is 2.24. The van der Waals surface area contributed by atoms with Gasteiger partial charge in [0.25, 0.3) is 0 Å². The van der Waals surface area contributed by atoms with Crippen molar-refractivity contribution in [2.45, 2.75) is 13.5 Å². The maximum atomic E-state index is 13.6. The first kappa shape index (κ1) is 16.2. The molecule has 1 rings (SSSR count). The fourth-order valence-corrected chi connectivity index (χ4v) is 1.67. The number of hydrogen-bond acceptors (Lipinski definition) is 5. The molecule has 8 heteroatoms. The molecule has 108 valence electrons. The average Bonchev–Trinajstić information content (AvgIpc) is 2.40. The summed E-state index contributed by atoms with van der Waals surface area (Å²) in [4.78, 5) is 38.3. The van der Waals surface area contributed by atoms with Crippen LogP contribution < -0.4 is 0 Å². The molecule has 0 fully saturated rings. The molecule has 0 N–H and O–H groups in total. The molecule has 0 spiro atoms. The van der Waals surface area contributed by atoms with E-state index in [0.29, 0.717) is 10.8 Å². The molecule has 0 aromatic carbocycles. The van der Waals surface area contributed by atoms with E-state index < -0.39 is 17.7 Å². The second-order valence-corrected chi connectivity index (χ2v) is 4.57. The van der Waals surface area contributed by atoms with Gasteiger partial charge in [-0.1, -0.05) is 0 Å². The largest absolute Gasteiger partial charge is 0.459 e. The van der Waals surface area contributed by atoms with Gasteiger partial charge >= 0.3 is 11.9 Å². The fraction of sp³-hybridized carbons (Fsp3) is 0.333. The standard InChI is InChI=1S/C12H12BrFN2O4/c1-2-20-12(19)11(18)16(3-4-17)7-10-9(14)5-8(13)6-15-10/h4-6H,2-3,7H2,1H3. The highest BCUT2D eigenvalue weighted by Crippen LogP contribution is 2.14. The van der Waals surface area contributed by atoms with E-state index in [0.717, 1.165) is 4.90 Å². The predicted octanol–water partition coefficient (Wildman–Crippen LogP) is 1.07. The lowest BCUT2D eigenvalue weighted by Gasteiger charge is -2.18. The van der Waals surface area contributed by atoms with E-state index in [4.69, 9.17) is 0 Å². The Morgan fingerprint density at radius 3 is 2.80 bits per heavy atom. The van der Waals surface area contributed by atoms with Crippen molar-refractivity contribution in [3.63, 3.8) is 0 Å². The fourth-order valence-electron chi connectivity index (χ4n) is 1.37. The summed E-state index contributed by atoms with van der Waals surface area (Å²) in [7, 11) is 0. The number of carbonyl (C=O) groups excluding carboxylic acids is 3. The number of pyridine rings is 1. The Kier molecular flexibility index (Phi) is 6.23. The molecule has 0 saturated heterocycles. The molecule has 1 amide bonds. The molecule has 1 heterocycles. The number of aromatic nitrogens is 1. The lowest BCUT2D eigenvalue weighted by Crippen LogP contribution is -2.38. The summed E-state index contributed by atoms with van der Waals surface area (Å²) in [6, 6.07) is 1.18. The van der Waals surface area contributed by atoms with Crippen LogP contribution in [0.3, 0.4) is 0 Å². The number of aldehydes is 1. The van der Waals surface area contributed by atoms with E-state index in [1.54, 1.807) is 6.92 Å². The molecule has 1 aromatic heterocycles. The number of rotatable bonds is 5. The van der Waals surface area contributed by atoms with Crippen LogP contribution in [0.5, 0.6) is 0 Å². The smallest absolute Gasteiger partial charge is 0.397 e. The second-order valence-electron chi connectivity index (χ2n) is 3.65. The molecular formula is C12H12BrFN2O4. The number of carbonyl (C=O) groups is 3. The van der Waals surface area contributed by atoms with E-state index >= 15 is 0 Å². The Bertz CT molecular complexity index is 524. The molecule has 0 aliphatic heterocycles. The SMILES string of the molecule is CCOC(=O)C(=O)N(CC=O)Cc1ncc(Br)cc1F. The van der Waals surface area contributed by atoms with Crippen LogP contribution in [0.4, 0.5) is 4.39 Å². The lowest BCUT2D eigenvalue weighted by molar-refractivity contribution is -0.160. The zero-order valence-corrected chi connectivity index (χ0v) is 12.2. The van der Waals surface area contributed by atoms with Crippen LogP contribution in [0.1, 0.15) is 12.6 Å². The van der Waals surface area contributed by atoms with Gasteiger partial charge in [-0.15, -0.1) is 0 Å². The molecule has 0 aliphatic carbocycles. The van der Waals surface area contributed by atoms with Gasteiger partial charge in [-0.25, -0.2) is 9.18 Å². The molecule has 1 aromatic rings. The number of amides is 1. The second kappa shape index (κ2) is 7.68. The van der Waals surface area contributed by atoms with Crippen molar-refractivity contribution in [2.24, 2.45) is 0 Å². The molecule has 0 aliphatic rings. The lowest BCUT2D eigenvalue weighted by atomic mass is 10.3. The minimum Gasteiger partial charge on any atom is -0.459 e. The quantitative estimate of drug-likeness (QED) is 0.453. The van der Waals surface area contributed by atoms with Gasteiger partial charge in [-0.2, -0.15) is 0 Å². The predicted molar refractivity (Wildman–Crippen MR) is 70.0 cm³/mol. The van der Waals surface area contributed by atoms with Gasteiger partial charge in [0.2, 0.25) is 0 Å². The van der Waals surface area contributed by atoms with E-state index in [1.165, 1.54) is 12.3 Å². The van der Waals surface area contributed by atoms with Crippen molar-refractivity contribution in [1.29, 1.82) is 0 Å². The Labute approximate surface area is 123 Å². The summed E-state index contributed by atoms with van der Waals surface area (Å²) in [5.74, 6) is -2.75. The maximum absolute atomic E-state index is 13.6. The van der Waals surface area contributed by atoms with E-state index in [-0.39, 0.29) is 25.4 Å². The Morgan fingerprint density at radius 1 is 1.55 bits per heavy atom. The topological polar surface area (TPSA) is 76.6 Å². The van der Waals surface area contributed by atoms with Crippen LogP contribution >= 0.6 is 15.9 Å². The first-order chi connectivity index (χ1) is 9.49. The number of hydrogen-bond donors (Lipinski definition) is 0. The van der Waals surface area contributed by atoms with Gasteiger partial charge in [0.05, 0.1) is 25.4 Å². The average molecular weight is 347 g/mol. The zero-order valence-electron chi connectivity index (χ0n) is 10.6. The number of nitrogens with zero attached hydrogens (tertiary/aromatic N) is 2. The Balaban J connectivity index is 2.88. The van der Waals surface area contributed by atoms with Gasteiger partial charge in [0, 0.05) is 10.7 Å². The summed E-state index contributed by atoms with van der Waals surface area (Å²) in [5, 5.41) is 0. The highest BCUT2D eigenvalue weighted by molar-refractivity contribution is 9.10. The summed E-state index contributed by atoms with van der Waals surface area (Å²) in [6.07, 6.45) is 1.79. The van der Waals surface area contributed by atoms with Crippen molar-refractivity contribution >= 4 is 34.1 Å². The van der Waals surface area contributed by atoms with Crippen LogP contribution in [-0.2, 0) is 25.7 Å². The van der Waals surface area contributed by atoms with Gasteiger partial charge in [-0.05, 0) is 28.9 Å². The number of halogens is 2. The first-order valence-corrected chi connectivity index (χ1v) is 6.48. The van der Waals surface area contributed by atoms with E-state index in [9.17, 15) is 18.8 Å². The summed E-state index contributed by atoms with van der Waals surface area (Å²) in [5.41, 5.74) is -0.0484. The Morgan fingerprint density at radius 2 is 2.25 bits per heavy atom. The molecule has 0 unspecified atom stereocenters. The van der Waals surface area contributed by atoms with E-state index in [2.05, 4.69) is 25.7 Å². The van der Waals surface area contributed by atoms with Crippen LogP contribution in [0, 0.1) is 5.82 Å². The molecule has 0 atom stereocenters. The van der Waals surface area contributed by atoms with Crippen molar-refractivity contribution in [3.05, 3.63) is 28.2 Å². The first-order valence-electron chi connectivity index (χ1n) is 5.69. The molecular weight excluding hydrogens is 335 g/mol. The third-order valence-corrected chi connectivity index (χ3v) is 2.69. The minimum atomic E-state index is -1.09. The molecule has 0 radical (unpaired) electrons. The molecule has 6 nitrogen and oxygen atoms in total. The summed E-state index contributed by atoms with van der Waals surface area (Å²) in [6.45, 7) is 0.930. The van der Waals surface area contributed by atoms with Gasteiger partial charge in [0.15, 0.2) is 0 Å². The van der Waals surface area contributed by atoms with Crippen LogP contribution in [0.15, 0.2) is 16.7 Å². The van der Waals surface area contributed by atoms with Gasteiger partial charge in [-0.3, -0.25) is 9.78 Å². The maximum Gasteiger partial charge on any atom is 0.397 e. The van der Waals surface area contributed by atoms with Gasteiger partial charge < -0.3 is 14.4 Å². The van der Waals surface area contributed by atoms with Crippen molar-refractivity contribution in [3.8, 4) is 0 Å². The third kappa shape index (κ3) is 4.37. The normalized spacial score (nSPS) is 9.95. The molecule has 0 saturated carbocycles. The summed E-state index contributed by atoms with van der Waals surface area (Å²) >= 11 is 3.05. The summed E-state index contributed by atoms with van der Waals surface area (Å²) < 4.78 is 18.6. The van der Waals surface area contributed by atoms with Crippen molar-refractivity contribution < 1.29 is 23.5 Å². The van der Waals surface area contributed by atoms with Crippen LogP contribution in [0.25, 0.3) is 0 Å². The van der Waals surface area contributed by atoms with Gasteiger partial charge in [0.1, 0.15) is 12.1 Å². The monoisotopic (exact) mass is 346 g/mol. The minimum absolute atomic E-state index is 0.0321. The zero-order chi connectivity index (χ0) is 15.1. The highest BCUT2D eigenvalue weighted by atomic mass is 79.9. The molecule has 0 bridgehead atoms. The third-order valence-electron chi connectivity index (χ3n) is 2.26. The number of ether oxygens (including phenoxy) is 1. The Hall–Kier alpha value is -1.83.